The Balaban J connectivity index is 2.01. The van der Waals surface area contributed by atoms with E-state index in [0.717, 1.165) is 17.3 Å². The van der Waals surface area contributed by atoms with Crippen molar-refractivity contribution in [2.24, 2.45) is 0 Å². The van der Waals surface area contributed by atoms with E-state index in [4.69, 9.17) is 5.73 Å². The fourth-order valence-electron chi connectivity index (χ4n) is 1.71. The van der Waals surface area contributed by atoms with Crippen molar-refractivity contribution in [3.8, 4) is 0 Å². The highest BCUT2D eigenvalue weighted by molar-refractivity contribution is 9.10. The predicted molar refractivity (Wildman–Crippen MR) is 76.7 cm³/mol. The maximum Gasteiger partial charge on any atom is 0.256 e. The summed E-state index contributed by atoms with van der Waals surface area (Å²) >= 11 is 3.30. The lowest BCUT2D eigenvalue weighted by atomic mass is 10.1. The molecular weight excluding hydrogens is 310 g/mol. The Hall–Kier alpha value is -1.56. The Bertz CT molecular complexity index is 515. The first-order valence-corrected chi connectivity index (χ1v) is 6.86. The van der Waals surface area contributed by atoms with Crippen molar-refractivity contribution < 1.29 is 9.59 Å². The van der Waals surface area contributed by atoms with Gasteiger partial charge >= 0.3 is 0 Å². The second kappa shape index (κ2) is 5.61. The van der Waals surface area contributed by atoms with Crippen LogP contribution in [0.25, 0.3) is 0 Å². The van der Waals surface area contributed by atoms with Gasteiger partial charge in [-0.05, 0) is 31.0 Å². The molecule has 1 aliphatic rings. The minimum atomic E-state index is -0.259. The number of nitrogen functional groups attached to an aromatic ring is 1. The topological polar surface area (TPSA) is 75.4 Å². The first-order valence-electron chi connectivity index (χ1n) is 6.07. The third kappa shape index (κ3) is 3.70. The van der Waals surface area contributed by atoms with Gasteiger partial charge in [0.15, 0.2) is 0 Å². The molecule has 102 valence electrons. The van der Waals surface area contributed by atoms with Crippen molar-refractivity contribution in [2.75, 3.05) is 19.3 Å². The van der Waals surface area contributed by atoms with Gasteiger partial charge in [0.2, 0.25) is 5.91 Å². The lowest BCUT2D eigenvalue weighted by molar-refractivity contribution is -0.121. The third-order valence-electron chi connectivity index (χ3n) is 2.92. The molecule has 1 aromatic rings. The highest BCUT2D eigenvalue weighted by atomic mass is 79.9. The number of anilines is 1. The zero-order valence-electron chi connectivity index (χ0n) is 10.6. The predicted octanol–water partition coefficient (Wildman–Crippen LogP) is 1.38. The summed E-state index contributed by atoms with van der Waals surface area (Å²) in [5.41, 5.74) is 6.59. The molecule has 1 aliphatic carbocycles. The van der Waals surface area contributed by atoms with Crippen molar-refractivity contribution in [3.63, 3.8) is 0 Å². The van der Waals surface area contributed by atoms with Crippen molar-refractivity contribution in [1.82, 2.24) is 10.2 Å². The number of carbonyl (C=O) groups excluding carboxylic acids is 2. The monoisotopic (exact) mass is 325 g/mol. The summed E-state index contributed by atoms with van der Waals surface area (Å²) < 4.78 is 0.779. The summed E-state index contributed by atoms with van der Waals surface area (Å²) in [5, 5.41) is 2.84. The molecule has 0 heterocycles. The SMILES string of the molecule is CN(CC(=O)NC1CC1)C(=O)c1cc(Br)ccc1N. The first kappa shape index (κ1) is 13.9. The van der Waals surface area contributed by atoms with Gasteiger partial charge in [-0.3, -0.25) is 9.59 Å². The molecule has 6 heteroatoms. The fraction of sp³-hybridized carbons (Fsp3) is 0.385. The van der Waals surface area contributed by atoms with Gasteiger partial charge in [-0.25, -0.2) is 0 Å². The molecule has 5 nitrogen and oxygen atoms in total. The minimum absolute atomic E-state index is 0.0429. The second-order valence-electron chi connectivity index (χ2n) is 4.73. The van der Waals surface area contributed by atoms with Gasteiger partial charge in [-0.2, -0.15) is 0 Å². The number of amides is 2. The molecule has 0 radical (unpaired) electrons. The number of nitrogens with two attached hydrogens (primary N) is 1. The number of nitrogens with zero attached hydrogens (tertiary/aromatic N) is 1. The molecule has 2 rings (SSSR count). The standard InChI is InChI=1S/C13H16BrN3O2/c1-17(7-12(18)16-9-3-4-9)13(19)10-6-8(14)2-5-11(10)15/h2,5-6,9H,3-4,7,15H2,1H3,(H,16,18). The number of nitrogens with one attached hydrogen (secondary N) is 1. The Morgan fingerprint density at radius 1 is 1.47 bits per heavy atom. The molecule has 0 unspecified atom stereocenters. The largest absolute Gasteiger partial charge is 0.398 e. The Morgan fingerprint density at radius 3 is 2.79 bits per heavy atom. The van der Waals surface area contributed by atoms with Crippen LogP contribution < -0.4 is 11.1 Å². The van der Waals surface area contributed by atoms with E-state index >= 15 is 0 Å². The maximum absolute atomic E-state index is 12.2. The van der Waals surface area contributed by atoms with E-state index in [-0.39, 0.29) is 18.4 Å². The highest BCUT2D eigenvalue weighted by Crippen LogP contribution is 2.20. The van der Waals surface area contributed by atoms with Crippen LogP contribution in [0.2, 0.25) is 0 Å². The molecule has 0 spiro atoms. The Morgan fingerprint density at radius 2 is 2.16 bits per heavy atom. The molecule has 0 aromatic heterocycles. The van der Waals surface area contributed by atoms with Crippen LogP contribution >= 0.6 is 15.9 Å². The molecule has 19 heavy (non-hydrogen) atoms. The summed E-state index contributed by atoms with van der Waals surface area (Å²) in [6.45, 7) is 0.0429. The van der Waals surface area contributed by atoms with E-state index in [0.29, 0.717) is 17.3 Å². The molecule has 2 amide bonds. The van der Waals surface area contributed by atoms with Crippen molar-refractivity contribution in [2.45, 2.75) is 18.9 Å². The number of hydrogen-bond acceptors (Lipinski definition) is 3. The van der Waals surface area contributed by atoms with Crippen LogP contribution in [-0.4, -0.2) is 36.3 Å². The second-order valence-corrected chi connectivity index (χ2v) is 5.65. The zero-order valence-corrected chi connectivity index (χ0v) is 12.2. The Labute approximate surface area is 120 Å². The molecule has 0 atom stereocenters. The lowest BCUT2D eigenvalue weighted by Gasteiger charge is -2.18. The molecular formula is C13H16BrN3O2. The van der Waals surface area contributed by atoms with E-state index < -0.39 is 0 Å². The van der Waals surface area contributed by atoms with Crippen LogP contribution in [-0.2, 0) is 4.79 Å². The van der Waals surface area contributed by atoms with Crippen LogP contribution in [0.4, 0.5) is 5.69 Å². The first-order chi connectivity index (χ1) is 8.97. The summed E-state index contributed by atoms with van der Waals surface area (Å²) in [6.07, 6.45) is 2.06. The van der Waals surface area contributed by atoms with Gasteiger partial charge in [0.05, 0.1) is 12.1 Å². The summed E-state index contributed by atoms with van der Waals surface area (Å²) in [7, 11) is 1.59. The maximum atomic E-state index is 12.2. The summed E-state index contributed by atoms with van der Waals surface area (Å²) in [5.74, 6) is -0.392. The fourth-order valence-corrected chi connectivity index (χ4v) is 2.07. The number of carbonyl (C=O) groups is 2. The minimum Gasteiger partial charge on any atom is -0.398 e. The normalized spacial score (nSPS) is 14.0. The number of rotatable bonds is 4. The number of hydrogen-bond donors (Lipinski definition) is 2. The van der Waals surface area contributed by atoms with E-state index in [2.05, 4.69) is 21.2 Å². The lowest BCUT2D eigenvalue weighted by Crippen LogP contribution is -2.39. The van der Waals surface area contributed by atoms with Crippen LogP contribution in [0.3, 0.4) is 0 Å². The van der Waals surface area contributed by atoms with Crippen LogP contribution in [0.5, 0.6) is 0 Å². The van der Waals surface area contributed by atoms with Crippen LogP contribution in [0.1, 0.15) is 23.2 Å². The van der Waals surface area contributed by atoms with E-state index in [1.807, 2.05) is 0 Å². The molecule has 1 aromatic carbocycles. The average Bonchev–Trinajstić information content (AvgIpc) is 3.15. The van der Waals surface area contributed by atoms with E-state index in [1.165, 1.54) is 4.90 Å². The number of benzene rings is 1. The average molecular weight is 326 g/mol. The smallest absolute Gasteiger partial charge is 0.256 e. The quantitative estimate of drug-likeness (QED) is 0.821. The number of likely N-dealkylation sites (N-methyl/N-ethyl adjacent to an activating group) is 1. The van der Waals surface area contributed by atoms with Gasteiger partial charge < -0.3 is 16.0 Å². The van der Waals surface area contributed by atoms with Crippen LogP contribution in [0, 0.1) is 0 Å². The van der Waals surface area contributed by atoms with E-state index in [9.17, 15) is 9.59 Å². The van der Waals surface area contributed by atoms with Crippen molar-refractivity contribution >= 4 is 33.4 Å². The van der Waals surface area contributed by atoms with Gasteiger partial charge in [-0.1, -0.05) is 15.9 Å². The van der Waals surface area contributed by atoms with Gasteiger partial charge in [0.25, 0.3) is 5.91 Å². The van der Waals surface area contributed by atoms with Crippen LogP contribution in [0.15, 0.2) is 22.7 Å². The summed E-state index contributed by atoms with van der Waals surface area (Å²) in [6, 6.07) is 5.39. The highest BCUT2D eigenvalue weighted by Gasteiger charge is 2.24. The zero-order chi connectivity index (χ0) is 14.0. The number of halogens is 1. The van der Waals surface area contributed by atoms with Gasteiger partial charge in [0.1, 0.15) is 0 Å². The molecule has 1 saturated carbocycles. The molecule has 0 aliphatic heterocycles. The molecule has 0 saturated heterocycles. The third-order valence-corrected chi connectivity index (χ3v) is 3.41. The van der Waals surface area contributed by atoms with Gasteiger partial charge in [0, 0.05) is 23.2 Å². The summed E-state index contributed by atoms with van der Waals surface area (Å²) in [4.78, 5) is 25.2. The van der Waals surface area contributed by atoms with Gasteiger partial charge in [-0.15, -0.1) is 0 Å². The Kier molecular flexibility index (Phi) is 4.09. The van der Waals surface area contributed by atoms with E-state index in [1.54, 1.807) is 25.2 Å². The van der Waals surface area contributed by atoms with Crippen molar-refractivity contribution in [1.29, 1.82) is 0 Å². The molecule has 1 fully saturated rings. The van der Waals surface area contributed by atoms with Crippen molar-refractivity contribution in [3.05, 3.63) is 28.2 Å². The molecule has 0 bridgehead atoms. The molecule has 3 N–H and O–H groups in total.